The van der Waals surface area contributed by atoms with Crippen molar-refractivity contribution in [3.8, 4) is 0 Å². The van der Waals surface area contributed by atoms with E-state index in [2.05, 4.69) is 11.3 Å². The molecule has 12 heavy (non-hydrogen) atoms. The molecular weight excluding hydrogens is 155 g/mol. The second-order valence-corrected chi connectivity index (χ2v) is 2.61. The van der Waals surface area contributed by atoms with Gasteiger partial charge in [-0.3, -0.25) is 4.99 Å². The minimum Gasteiger partial charge on any atom is -0.322 e. The van der Waals surface area contributed by atoms with E-state index in [0.717, 1.165) is 18.8 Å². The van der Waals surface area contributed by atoms with E-state index in [1.54, 1.807) is 6.07 Å². The molecule has 1 aromatic carbocycles. The number of anilines is 1. The molecule has 61 valence electrons. The van der Waals surface area contributed by atoms with Crippen molar-refractivity contribution in [3.05, 3.63) is 30.1 Å². The lowest BCUT2D eigenvalue weighted by Crippen LogP contribution is -2.17. The molecule has 0 aliphatic carbocycles. The van der Waals surface area contributed by atoms with Gasteiger partial charge in [-0.05, 0) is 18.2 Å². The highest BCUT2D eigenvalue weighted by atomic mass is 19.1. The molecule has 0 saturated heterocycles. The van der Waals surface area contributed by atoms with Crippen LogP contribution < -0.4 is 4.90 Å². The summed E-state index contributed by atoms with van der Waals surface area (Å²) < 4.78 is 12.7. The summed E-state index contributed by atoms with van der Waals surface area (Å²) in [6.07, 6.45) is 2.79. The van der Waals surface area contributed by atoms with Gasteiger partial charge in [0.05, 0.1) is 6.54 Å². The molecule has 2 rings (SSSR count). The van der Waals surface area contributed by atoms with Crippen molar-refractivity contribution in [1.29, 1.82) is 0 Å². The fraction of sp³-hybridized carbons (Fsp3) is 0.222. The molecule has 1 heterocycles. The molecule has 0 spiro atoms. The molecule has 0 fully saturated rings. The zero-order valence-electron chi connectivity index (χ0n) is 6.50. The van der Waals surface area contributed by atoms with Gasteiger partial charge in [-0.15, -0.1) is 0 Å². The molecule has 0 bridgehead atoms. The summed E-state index contributed by atoms with van der Waals surface area (Å²) in [5, 5.41) is 0. The first-order valence-electron chi connectivity index (χ1n) is 3.81. The first-order chi connectivity index (χ1) is 5.86. The van der Waals surface area contributed by atoms with Gasteiger partial charge in [-0.1, -0.05) is 6.07 Å². The predicted octanol–water partition coefficient (Wildman–Crippen LogP) is 1.55. The molecule has 0 unspecified atom stereocenters. The van der Waals surface area contributed by atoms with Crippen LogP contribution in [0, 0.1) is 5.82 Å². The number of hydrogen-bond donors (Lipinski definition) is 0. The number of aliphatic imine (C=N–C) groups is 1. The summed E-state index contributed by atoms with van der Waals surface area (Å²) in [5.74, 6) is -0.221. The Morgan fingerprint density at radius 1 is 1.50 bits per heavy atom. The van der Waals surface area contributed by atoms with E-state index in [1.165, 1.54) is 12.1 Å². The van der Waals surface area contributed by atoms with Gasteiger partial charge in [0, 0.05) is 12.2 Å². The quantitative estimate of drug-likeness (QED) is 0.613. The summed E-state index contributed by atoms with van der Waals surface area (Å²) in [6, 6.07) is 6.44. The Morgan fingerprint density at radius 3 is 3.08 bits per heavy atom. The molecule has 0 saturated carbocycles. The maximum absolute atomic E-state index is 12.7. The molecule has 1 aliphatic rings. The summed E-state index contributed by atoms with van der Waals surface area (Å²) in [6.45, 7) is 1.54. The number of benzene rings is 1. The van der Waals surface area contributed by atoms with Crippen LogP contribution in [0.4, 0.5) is 10.1 Å². The number of halogens is 1. The normalized spacial score (nSPS) is 15.6. The van der Waals surface area contributed by atoms with E-state index in [9.17, 15) is 4.39 Å². The van der Waals surface area contributed by atoms with Crippen LogP contribution in [0.25, 0.3) is 0 Å². The van der Waals surface area contributed by atoms with Gasteiger partial charge in [0.15, 0.2) is 6.34 Å². The van der Waals surface area contributed by atoms with Crippen molar-refractivity contribution in [2.75, 3.05) is 18.0 Å². The smallest absolute Gasteiger partial charge is 0.171 e. The Bertz CT molecular complexity index is 309. The lowest BCUT2D eigenvalue weighted by Gasteiger charge is -2.11. The summed E-state index contributed by atoms with van der Waals surface area (Å²) in [5.41, 5.74) is 0.816. The zero-order valence-corrected chi connectivity index (χ0v) is 6.50. The van der Waals surface area contributed by atoms with Crippen molar-refractivity contribution in [1.82, 2.24) is 0 Å². The maximum atomic E-state index is 12.7. The SMILES string of the molecule is Fc1cccc(N2[C]=NCC2)c1. The molecule has 1 radical (unpaired) electrons. The second-order valence-electron chi connectivity index (χ2n) is 2.61. The van der Waals surface area contributed by atoms with Crippen LogP contribution >= 0.6 is 0 Å². The fourth-order valence-electron chi connectivity index (χ4n) is 1.17. The van der Waals surface area contributed by atoms with Crippen LogP contribution in [0.1, 0.15) is 0 Å². The van der Waals surface area contributed by atoms with Crippen LogP contribution in [0.3, 0.4) is 0 Å². The minimum absolute atomic E-state index is 0.221. The third-order valence-corrected chi connectivity index (χ3v) is 1.75. The predicted molar refractivity (Wildman–Crippen MR) is 46.0 cm³/mol. The lowest BCUT2D eigenvalue weighted by molar-refractivity contribution is 0.628. The first kappa shape index (κ1) is 7.28. The van der Waals surface area contributed by atoms with Gasteiger partial charge in [0.25, 0.3) is 0 Å². The third kappa shape index (κ3) is 1.30. The number of hydrogen-bond acceptors (Lipinski definition) is 2. The molecule has 1 aromatic rings. The van der Waals surface area contributed by atoms with Gasteiger partial charge >= 0.3 is 0 Å². The summed E-state index contributed by atoms with van der Waals surface area (Å²) in [7, 11) is 0. The lowest BCUT2D eigenvalue weighted by atomic mass is 10.3. The van der Waals surface area contributed by atoms with Crippen molar-refractivity contribution in [2.24, 2.45) is 4.99 Å². The molecule has 0 amide bonds. The second kappa shape index (κ2) is 2.93. The van der Waals surface area contributed by atoms with Gasteiger partial charge in [0.2, 0.25) is 0 Å². The van der Waals surface area contributed by atoms with Gasteiger partial charge in [-0.2, -0.15) is 0 Å². The van der Waals surface area contributed by atoms with Crippen molar-refractivity contribution >= 4 is 12.0 Å². The summed E-state index contributed by atoms with van der Waals surface area (Å²) in [4.78, 5) is 5.73. The Kier molecular flexibility index (Phi) is 1.78. The number of nitrogens with zero attached hydrogens (tertiary/aromatic N) is 2. The maximum Gasteiger partial charge on any atom is 0.171 e. The molecular formula is C9H8FN2. The highest BCUT2D eigenvalue weighted by Gasteiger charge is 2.08. The largest absolute Gasteiger partial charge is 0.322 e. The topological polar surface area (TPSA) is 15.6 Å². The van der Waals surface area contributed by atoms with E-state index in [0.29, 0.717) is 0 Å². The van der Waals surface area contributed by atoms with E-state index in [-0.39, 0.29) is 5.82 Å². The first-order valence-corrected chi connectivity index (χ1v) is 3.81. The van der Waals surface area contributed by atoms with Crippen LogP contribution in [0.5, 0.6) is 0 Å². The average Bonchev–Trinajstić information content (AvgIpc) is 2.56. The standard InChI is InChI=1S/C9H8FN2/c10-8-2-1-3-9(6-8)12-5-4-11-7-12/h1-3,6H,4-5H2. The Morgan fingerprint density at radius 2 is 2.42 bits per heavy atom. The monoisotopic (exact) mass is 163 g/mol. The van der Waals surface area contributed by atoms with Crippen LogP contribution in [0.2, 0.25) is 0 Å². The zero-order chi connectivity index (χ0) is 8.39. The number of rotatable bonds is 1. The fourth-order valence-corrected chi connectivity index (χ4v) is 1.17. The Balaban J connectivity index is 2.27. The summed E-state index contributed by atoms with van der Waals surface area (Å²) >= 11 is 0. The molecule has 1 aliphatic heterocycles. The molecule has 2 nitrogen and oxygen atoms in total. The Hall–Kier alpha value is -1.38. The van der Waals surface area contributed by atoms with Crippen molar-refractivity contribution in [3.63, 3.8) is 0 Å². The van der Waals surface area contributed by atoms with Crippen LogP contribution in [0.15, 0.2) is 29.3 Å². The van der Waals surface area contributed by atoms with E-state index in [1.807, 2.05) is 11.0 Å². The highest BCUT2D eigenvalue weighted by Crippen LogP contribution is 2.15. The van der Waals surface area contributed by atoms with Crippen LogP contribution in [-0.4, -0.2) is 19.4 Å². The van der Waals surface area contributed by atoms with Gasteiger partial charge < -0.3 is 4.90 Å². The molecule has 3 heteroatoms. The Labute approximate surface area is 70.3 Å². The van der Waals surface area contributed by atoms with E-state index in [4.69, 9.17) is 0 Å². The van der Waals surface area contributed by atoms with E-state index < -0.39 is 0 Å². The minimum atomic E-state index is -0.221. The van der Waals surface area contributed by atoms with Crippen LogP contribution in [-0.2, 0) is 0 Å². The highest BCUT2D eigenvalue weighted by molar-refractivity contribution is 5.80. The van der Waals surface area contributed by atoms with Gasteiger partial charge in [-0.25, -0.2) is 4.39 Å². The van der Waals surface area contributed by atoms with Crippen molar-refractivity contribution in [2.45, 2.75) is 0 Å². The average molecular weight is 163 g/mol. The third-order valence-electron chi connectivity index (χ3n) is 1.75. The van der Waals surface area contributed by atoms with Crippen molar-refractivity contribution < 1.29 is 4.39 Å². The molecule has 0 atom stereocenters. The molecule has 0 N–H and O–H groups in total. The van der Waals surface area contributed by atoms with E-state index >= 15 is 0 Å². The molecule has 0 aromatic heterocycles. The van der Waals surface area contributed by atoms with Gasteiger partial charge in [0.1, 0.15) is 5.82 Å².